The third kappa shape index (κ3) is 4.15. The van der Waals surface area contributed by atoms with Gasteiger partial charge < -0.3 is 28.9 Å². The highest BCUT2D eigenvalue weighted by Gasteiger charge is 2.48. The van der Waals surface area contributed by atoms with E-state index in [4.69, 9.17) is 14.2 Å². The van der Waals surface area contributed by atoms with Crippen molar-refractivity contribution in [3.05, 3.63) is 82.9 Å². The molecule has 0 bridgehead atoms. The lowest BCUT2D eigenvalue weighted by molar-refractivity contribution is -0.135. The summed E-state index contributed by atoms with van der Waals surface area (Å²) in [5.41, 5.74) is 4.48. The largest absolute Gasteiger partial charge is 0.495 e. The topological polar surface area (TPSA) is 71.6 Å². The second-order valence-corrected chi connectivity index (χ2v) is 10.1. The van der Waals surface area contributed by atoms with Crippen LogP contribution in [-0.4, -0.2) is 75.7 Å². The molecule has 1 saturated heterocycles. The van der Waals surface area contributed by atoms with E-state index >= 15 is 0 Å². The van der Waals surface area contributed by atoms with Crippen molar-refractivity contribution in [1.82, 2.24) is 9.80 Å². The molecule has 2 unspecified atom stereocenters. The van der Waals surface area contributed by atoms with Gasteiger partial charge in [0.2, 0.25) is 5.91 Å². The summed E-state index contributed by atoms with van der Waals surface area (Å²) in [6.07, 6.45) is 0.763. The van der Waals surface area contributed by atoms with Crippen LogP contribution in [-0.2, 0) is 11.2 Å². The Labute approximate surface area is 228 Å². The summed E-state index contributed by atoms with van der Waals surface area (Å²) in [5.74, 6) is 1.24. The second-order valence-electron chi connectivity index (χ2n) is 10.1. The maximum absolute atomic E-state index is 14.5. The highest BCUT2D eigenvalue weighted by atomic mass is 16.5. The number of fused-ring (bicyclic) bond motifs is 4. The first-order valence-electron chi connectivity index (χ1n) is 13.4. The lowest BCUT2D eigenvalue weighted by atomic mass is 9.75. The van der Waals surface area contributed by atoms with E-state index in [9.17, 15) is 9.59 Å². The van der Waals surface area contributed by atoms with Crippen LogP contribution in [0, 0.1) is 0 Å². The standard InChI is InChI=1S/C31H33N3O5/c1-37-25-11-7-6-10-24(25)32-14-16-33(17-15-32)31(36)28-22-18-26(38-2)27(39-3)19-23(22)30(35)34-13-12-20-8-4-5-9-21(20)29(28)34/h4-11,18-19,28-29H,12-17H2,1-3H3. The summed E-state index contributed by atoms with van der Waals surface area (Å²) < 4.78 is 16.7. The summed E-state index contributed by atoms with van der Waals surface area (Å²) >= 11 is 0. The first kappa shape index (κ1) is 25.1. The molecule has 3 aromatic rings. The zero-order valence-corrected chi connectivity index (χ0v) is 22.6. The number of methoxy groups -OCH3 is 3. The first-order chi connectivity index (χ1) is 19.0. The van der Waals surface area contributed by atoms with E-state index < -0.39 is 5.92 Å². The van der Waals surface area contributed by atoms with Crippen LogP contribution in [0.5, 0.6) is 17.2 Å². The van der Waals surface area contributed by atoms with E-state index in [-0.39, 0.29) is 17.9 Å². The summed E-state index contributed by atoms with van der Waals surface area (Å²) in [7, 11) is 4.81. The molecule has 6 rings (SSSR count). The van der Waals surface area contributed by atoms with Gasteiger partial charge in [-0.3, -0.25) is 9.59 Å². The van der Waals surface area contributed by atoms with Crippen molar-refractivity contribution in [3.8, 4) is 17.2 Å². The summed E-state index contributed by atoms with van der Waals surface area (Å²) in [6, 6.07) is 19.3. The highest BCUT2D eigenvalue weighted by Crippen LogP contribution is 2.49. The number of amides is 2. The number of hydrogen-bond donors (Lipinski definition) is 0. The molecule has 0 saturated carbocycles. The molecule has 3 heterocycles. The Balaban J connectivity index is 1.38. The van der Waals surface area contributed by atoms with E-state index in [2.05, 4.69) is 23.1 Å². The summed E-state index contributed by atoms with van der Waals surface area (Å²) in [5, 5.41) is 0. The van der Waals surface area contributed by atoms with E-state index in [1.165, 1.54) is 5.56 Å². The van der Waals surface area contributed by atoms with E-state index in [1.54, 1.807) is 27.4 Å². The Hall–Kier alpha value is -4.20. The molecule has 0 spiro atoms. The van der Waals surface area contributed by atoms with Crippen LogP contribution in [0.1, 0.15) is 39.0 Å². The zero-order chi connectivity index (χ0) is 27.1. The number of hydrogen-bond acceptors (Lipinski definition) is 6. The second kappa shape index (κ2) is 10.2. The molecule has 0 N–H and O–H groups in total. The van der Waals surface area contributed by atoms with Gasteiger partial charge in [0.05, 0.1) is 39.0 Å². The fourth-order valence-electron chi connectivity index (χ4n) is 6.37. The van der Waals surface area contributed by atoms with Crippen molar-refractivity contribution >= 4 is 17.5 Å². The number of rotatable bonds is 5. The van der Waals surface area contributed by atoms with Gasteiger partial charge in [0.1, 0.15) is 5.75 Å². The molecule has 202 valence electrons. The van der Waals surface area contributed by atoms with Gasteiger partial charge in [-0.05, 0) is 47.4 Å². The number of para-hydroxylation sites is 2. The number of nitrogens with zero attached hydrogens (tertiary/aromatic N) is 3. The van der Waals surface area contributed by atoms with Gasteiger partial charge in [-0.1, -0.05) is 36.4 Å². The lowest BCUT2D eigenvalue weighted by Crippen LogP contribution is -2.54. The molecule has 3 aromatic carbocycles. The number of anilines is 1. The van der Waals surface area contributed by atoms with Crippen LogP contribution in [0.15, 0.2) is 60.7 Å². The average molecular weight is 528 g/mol. The predicted octanol–water partition coefficient (Wildman–Crippen LogP) is 3.90. The van der Waals surface area contributed by atoms with Crippen molar-refractivity contribution in [2.75, 3.05) is 59.0 Å². The van der Waals surface area contributed by atoms with Crippen molar-refractivity contribution < 1.29 is 23.8 Å². The Morgan fingerprint density at radius 1 is 0.769 bits per heavy atom. The van der Waals surface area contributed by atoms with Gasteiger partial charge in [0.25, 0.3) is 5.91 Å². The monoisotopic (exact) mass is 527 g/mol. The molecular weight excluding hydrogens is 494 g/mol. The zero-order valence-electron chi connectivity index (χ0n) is 22.6. The Morgan fingerprint density at radius 3 is 2.18 bits per heavy atom. The Bertz CT molecular complexity index is 1420. The van der Waals surface area contributed by atoms with Gasteiger partial charge in [0.15, 0.2) is 11.5 Å². The molecule has 1 fully saturated rings. The van der Waals surface area contributed by atoms with Gasteiger partial charge in [-0.25, -0.2) is 0 Å². The third-order valence-electron chi connectivity index (χ3n) is 8.31. The quantitative estimate of drug-likeness (QED) is 0.501. The Morgan fingerprint density at radius 2 is 1.44 bits per heavy atom. The number of carbonyl (C=O) groups excluding carboxylic acids is 2. The molecule has 0 aliphatic carbocycles. The minimum Gasteiger partial charge on any atom is -0.495 e. The molecule has 0 radical (unpaired) electrons. The van der Waals surface area contributed by atoms with Gasteiger partial charge in [-0.15, -0.1) is 0 Å². The maximum atomic E-state index is 14.5. The summed E-state index contributed by atoms with van der Waals surface area (Å²) in [4.78, 5) is 34.4. The smallest absolute Gasteiger partial charge is 0.254 e. The number of carbonyl (C=O) groups is 2. The highest BCUT2D eigenvalue weighted by molar-refractivity contribution is 6.02. The van der Waals surface area contributed by atoms with Crippen LogP contribution < -0.4 is 19.1 Å². The molecule has 2 amide bonds. The van der Waals surface area contributed by atoms with Crippen molar-refractivity contribution in [1.29, 1.82) is 0 Å². The van der Waals surface area contributed by atoms with Crippen LogP contribution in [0.25, 0.3) is 0 Å². The lowest BCUT2D eigenvalue weighted by Gasteiger charge is -2.47. The minimum atomic E-state index is -0.545. The fourth-order valence-corrected chi connectivity index (χ4v) is 6.37. The van der Waals surface area contributed by atoms with Gasteiger partial charge >= 0.3 is 0 Å². The van der Waals surface area contributed by atoms with E-state index in [0.717, 1.165) is 23.4 Å². The number of ether oxygens (including phenoxy) is 3. The summed E-state index contributed by atoms with van der Waals surface area (Å²) in [6.45, 7) is 3.12. The van der Waals surface area contributed by atoms with Crippen molar-refractivity contribution in [3.63, 3.8) is 0 Å². The molecule has 3 aliphatic heterocycles. The third-order valence-corrected chi connectivity index (χ3v) is 8.31. The number of benzene rings is 3. The maximum Gasteiger partial charge on any atom is 0.254 e. The SMILES string of the molecule is COc1cc2c(cc1OC)C(C(=O)N1CCN(c3ccccc3OC)CC1)C1c3ccccc3CCN1C2=O. The van der Waals surface area contributed by atoms with Crippen molar-refractivity contribution in [2.45, 2.75) is 18.4 Å². The molecule has 8 heteroatoms. The predicted molar refractivity (Wildman–Crippen MR) is 148 cm³/mol. The number of piperazine rings is 1. The molecular formula is C31H33N3O5. The van der Waals surface area contributed by atoms with E-state index in [1.807, 2.05) is 46.2 Å². The van der Waals surface area contributed by atoms with Gasteiger partial charge in [0, 0.05) is 38.3 Å². The Kier molecular flexibility index (Phi) is 6.54. The fraction of sp³-hybridized carbons (Fsp3) is 0.355. The molecule has 8 nitrogen and oxygen atoms in total. The van der Waals surface area contributed by atoms with E-state index in [0.29, 0.717) is 55.3 Å². The molecule has 3 aliphatic rings. The minimum absolute atomic E-state index is 0.0300. The molecule has 0 aromatic heterocycles. The van der Waals surface area contributed by atoms with Crippen LogP contribution in [0.2, 0.25) is 0 Å². The van der Waals surface area contributed by atoms with Crippen LogP contribution >= 0.6 is 0 Å². The molecule has 2 atom stereocenters. The van der Waals surface area contributed by atoms with Gasteiger partial charge in [-0.2, -0.15) is 0 Å². The van der Waals surface area contributed by atoms with Crippen LogP contribution in [0.3, 0.4) is 0 Å². The first-order valence-corrected chi connectivity index (χ1v) is 13.4. The molecule has 39 heavy (non-hydrogen) atoms. The van der Waals surface area contributed by atoms with Crippen LogP contribution in [0.4, 0.5) is 5.69 Å². The normalized spacial score (nSPS) is 20.1. The average Bonchev–Trinajstić information content (AvgIpc) is 3.00. The van der Waals surface area contributed by atoms with Crippen molar-refractivity contribution in [2.24, 2.45) is 0 Å².